The fourth-order valence-electron chi connectivity index (χ4n) is 2.26. The lowest BCUT2D eigenvalue weighted by atomic mass is 10.2. The highest BCUT2D eigenvalue weighted by atomic mass is 32.1. The Bertz CT molecular complexity index is 776. The summed E-state index contributed by atoms with van der Waals surface area (Å²) in [6, 6.07) is 8.30. The summed E-state index contributed by atoms with van der Waals surface area (Å²) in [6.45, 7) is 5.31. The van der Waals surface area contributed by atoms with Gasteiger partial charge in [-0.2, -0.15) is 5.10 Å². The van der Waals surface area contributed by atoms with E-state index in [0.29, 0.717) is 5.13 Å². The molecule has 0 aliphatic rings. The van der Waals surface area contributed by atoms with Crippen LogP contribution in [0.1, 0.15) is 22.1 Å². The van der Waals surface area contributed by atoms with Gasteiger partial charge in [0.05, 0.1) is 13.1 Å². The fourth-order valence-corrected chi connectivity index (χ4v) is 2.88. The second-order valence-electron chi connectivity index (χ2n) is 5.08. The van der Waals surface area contributed by atoms with Crippen LogP contribution in [0.25, 0.3) is 0 Å². The summed E-state index contributed by atoms with van der Waals surface area (Å²) >= 11 is 1.50. The second kappa shape index (κ2) is 6.15. The summed E-state index contributed by atoms with van der Waals surface area (Å²) in [5.74, 6) is 1.73. The molecule has 3 N–H and O–H groups in total. The standard InChI is InChI=1S/C15H18N6S/c1-10-19-11(2)21(20-10)9-12-4-3-5-13(6-12)17-7-14-8-18-15(16)22-14/h3-6,8,17H,7,9H2,1-2H3,(H2,16,18). The van der Waals surface area contributed by atoms with Gasteiger partial charge in [0.15, 0.2) is 5.13 Å². The van der Waals surface area contributed by atoms with E-state index in [1.807, 2.05) is 30.7 Å². The Morgan fingerprint density at radius 3 is 2.86 bits per heavy atom. The van der Waals surface area contributed by atoms with E-state index >= 15 is 0 Å². The van der Waals surface area contributed by atoms with E-state index in [2.05, 4.69) is 32.5 Å². The van der Waals surface area contributed by atoms with Crippen molar-refractivity contribution in [3.63, 3.8) is 0 Å². The number of benzene rings is 1. The Hall–Kier alpha value is -2.41. The van der Waals surface area contributed by atoms with Gasteiger partial charge < -0.3 is 11.1 Å². The van der Waals surface area contributed by atoms with E-state index in [1.54, 1.807) is 6.20 Å². The number of aromatic nitrogens is 4. The van der Waals surface area contributed by atoms with E-state index in [0.717, 1.165) is 35.3 Å². The first-order valence-corrected chi connectivity index (χ1v) is 7.83. The zero-order chi connectivity index (χ0) is 15.5. The van der Waals surface area contributed by atoms with Gasteiger partial charge >= 0.3 is 0 Å². The number of rotatable bonds is 5. The molecule has 0 saturated heterocycles. The van der Waals surface area contributed by atoms with Crippen molar-refractivity contribution in [2.75, 3.05) is 11.1 Å². The molecule has 22 heavy (non-hydrogen) atoms. The Labute approximate surface area is 133 Å². The minimum absolute atomic E-state index is 0.600. The molecule has 0 aliphatic heterocycles. The van der Waals surface area contributed by atoms with Crippen molar-refractivity contribution in [2.45, 2.75) is 26.9 Å². The number of nitrogens with zero attached hydrogens (tertiary/aromatic N) is 4. The fraction of sp³-hybridized carbons (Fsp3) is 0.267. The van der Waals surface area contributed by atoms with Gasteiger partial charge in [0.1, 0.15) is 11.6 Å². The van der Waals surface area contributed by atoms with Crippen LogP contribution in [0.15, 0.2) is 30.5 Å². The zero-order valence-corrected chi connectivity index (χ0v) is 13.4. The highest BCUT2D eigenvalue weighted by Crippen LogP contribution is 2.17. The summed E-state index contributed by atoms with van der Waals surface area (Å²) < 4.78 is 1.92. The van der Waals surface area contributed by atoms with Crippen molar-refractivity contribution >= 4 is 22.2 Å². The highest BCUT2D eigenvalue weighted by Gasteiger charge is 2.04. The SMILES string of the molecule is Cc1nc(C)n(Cc2cccc(NCc3cnc(N)s3)c2)n1. The summed E-state index contributed by atoms with van der Waals surface area (Å²) in [6.07, 6.45) is 1.80. The van der Waals surface area contributed by atoms with Gasteiger partial charge in [-0.1, -0.05) is 12.1 Å². The van der Waals surface area contributed by atoms with Crippen molar-refractivity contribution in [3.8, 4) is 0 Å². The number of aryl methyl sites for hydroxylation is 2. The molecule has 0 fully saturated rings. The summed E-state index contributed by atoms with van der Waals surface area (Å²) in [4.78, 5) is 9.50. The Morgan fingerprint density at radius 1 is 1.32 bits per heavy atom. The molecule has 3 rings (SSSR count). The minimum Gasteiger partial charge on any atom is -0.380 e. The van der Waals surface area contributed by atoms with Gasteiger partial charge in [0, 0.05) is 16.8 Å². The molecule has 0 bridgehead atoms. The first kappa shape index (κ1) is 14.5. The number of anilines is 2. The van der Waals surface area contributed by atoms with Crippen LogP contribution < -0.4 is 11.1 Å². The van der Waals surface area contributed by atoms with Crippen molar-refractivity contribution in [1.82, 2.24) is 19.7 Å². The molecule has 0 aliphatic carbocycles. The third kappa shape index (κ3) is 3.43. The van der Waals surface area contributed by atoms with Gasteiger partial charge in [-0.15, -0.1) is 11.3 Å². The molecule has 0 atom stereocenters. The number of hydrogen-bond acceptors (Lipinski definition) is 6. The maximum absolute atomic E-state index is 5.64. The van der Waals surface area contributed by atoms with Crippen molar-refractivity contribution in [3.05, 3.63) is 52.6 Å². The van der Waals surface area contributed by atoms with Crippen molar-refractivity contribution < 1.29 is 0 Å². The molecule has 2 heterocycles. The van der Waals surface area contributed by atoms with Crippen molar-refractivity contribution in [2.24, 2.45) is 0 Å². The molecule has 0 unspecified atom stereocenters. The zero-order valence-electron chi connectivity index (χ0n) is 12.6. The maximum atomic E-state index is 5.64. The average molecular weight is 314 g/mol. The van der Waals surface area contributed by atoms with Crippen LogP contribution in [0.5, 0.6) is 0 Å². The number of hydrogen-bond donors (Lipinski definition) is 2. The number of nitrogens with one attached hydrogen (secondary N) is 1. The molecule has 0 radical (unpaired) electrons. The third-order valence-corrected chi connectivity index (χ3v) is 4.09. The lowest BCUT2D eigenvalue weighted by Gasteiger charge is -2.08. The molecule has 6 nitrogen and oxygen atoms in total. The first-order valence-electron chi connectivity index (χ1n) is 7.01. The first-order chi connectivity index (χ1) is 10.6. The maximum Gasteiger partial charge on any atom is 0.180 e. The Kier molecular flexibility index (Phi) is 4.06. The molecule has 3 aromatic rings. The monoisotopic (exact) mass is 314 g/mol. The predicted octanol–water partition coefficient (Wildman–Crippen LogP) is 2.59. The van der Waals surface area contributed by atoms with Crippen LogP contribution >= 0.6 is 11.3 Å². The van der Waals surface area contributed by atoms with Gasteiger partial charge in [-0.05, 0) is 31.5 Å². The van der Waals surface area contributed by atoms with Gasteiger partial charge in [0.2, 0.25) is 0 Å². The van der Waals surface area contributed by atoms with Crippen LogP contribution in [0.3, 0.4) is 0 Å². The molecule has 114 valence electrons. The molecule has 0 amide bonds. The lowest BCUT2D eigenvalue weighted by Crippen LogP contribution is -2.05. The molecule has 2 aromatic heterocycles. The van der Waals surface area contributed by atoms with Gasteiger partial charge in [-0.25, -0.2) is 14.6 Å². The second-order valence-corrected chi connectivity index (χ2v) is 6.23. The third-order valence-electron chi connectivity index (χ3n) is 3.26. The summed E-state index contributed by atoms with van der Waals surface area (Å²) in [7, 11) is 0. The quantitative estimate of drug-likeness (QED) is 0.756. The molecule has 0 saturated carbocycles. The molecular weight excluding hydrogens is 296 g/mol. The van der Waals surface area contributed by atoms with Gasteiger partial charge in [0.25, 0.3) is 0 Å². The number of thiazole rings is 1. The molecular formula is C15H18N6S. The summed E-state index contributed by atoms with van der Waals surface area (Å²) in [5.41, 5.74) is 7.89. The van der Waals surface area contributed by atoms with Crippen LogP contribution in [-0.4, -0.2) is 19.7 Å². The van der Waals surface area contributed by atoms with E-state index < -0.39 is 0 Å². The average Bonchev–Trinajstić information content (AvgIpc) is 3.03. The Morgan fingerprint density at radius 2 is 2.18 bits per heavy atom. The highest BCUT2D eigenvalue weighted by molar-refractivity contribution is 7.15. The van der Waals surface area contributed by atoms with E-state index in [1.165, 1.54) is 16.9 Å². The lowest BCUT2D eigenvalue weighted by molar-refractivity contribution is 0.656. The Balaban J connectivity index is 1.68. The van der Waals surface area contributed by atoms with E-state index in [4.69, 9.17) is 5.73 Å². The normalized spacial score (nSPS) is 10.8. The van der Waals surface area contributed by atoms with E-state index in [-0.39, 0.29) is 0 Å². The molecule has 1 aromatic carbocycles. The van der Waals surface area contributed by atoms with Crippen LogP contribution in [-0.2, 0) is 13.1 Å². The van der Waals surface area contributed by atoms with E-state index in [9.17, 15) is 0 Å². The van der Waals surface area contributed by atoms with Gasteiger partial charge in [-0.3, -0.25) is 0 Å². The molecule has 7 heteroatoms. The topological polar surface area (TPSA) is 81.7 Å². The smallest absolute Gasteiger partial charge is 0.180 e. The predicted molar refractivity (Wildman–Crippen MR) is 88.9 cm³/mol. The number of nitrogen functional groups attached to an aromatic ring is 1. The number of nitrogens with two attached hydrogens (primary N) is 1. The van der Waals surface area contributed by atoms with Crippen molar-refractivity contribution in [1.29, 1.82) is 0 Å². The largest absolute Gasteiger partial charge is 0.380 e. The minimum atomic E-state index is 0.600. The molecule has 0 spiro atoms. The van der Waals surface area contributed by atoms with Crippen LogP contribution in [0.2, 0.25) is 0 Å². The summed E-state index contributed by atoms with van der Waals surface area (Å²) in [5, 5.41) is 8.39. The van der Waals surface area contributed by atoms with Crippen LogP contribution in [0.4, 0.5) is 10.8 Å². The van der Waals surface area contributed by atoms with Crippen LogP contribution in [0, 0.1) is 13.8 Å².